The van der Waals surface area contributed by atoms with Gasteiger partial charge in [0.15, 0.2) is 0 Å². The standard InChI is InChI=1S/C15H11F3N4/c1-10-13(9-22(21-10)12-3-2-6-19-8-12)14-5-4-11(7-20-14)15(16,17)18/h2-9H,1H3. The molecule has 7 heteroatoms. The van der Waals surface area contributed by atoms with Gasteiger partial charge in [0.2, 0.25) is 0 Å². The van der Waals surface area contributed by atoms with Crippen LogP contribution >= 0.6 is 0 Å². The lowest BCUT2D eigenvalue weighted by Gasteiger charge is -2.06. The molecule has 0 amide bonds. The van der Waals surface area contributed by atoms with E-state index in [1.165, 1.54) is 6.07 Å². The van der Waals surface area contributed by atoms with Gasteiger partial charge in [0.05, 0.1) is 28.8 Å². The summed E-state index contributed by atoms with van der Waals surface area (Å²) in [7, 11) is 0. The summed E-state index contributed by atoms with van der Waals surface area (Å²) in [5.74, 6) is 0. The lowest BCUT2D eigenvalue weighted by atomic mass is 10.1. The number of halogens is 3. The molecular formula is C15H11F3N4. The van der Waals surface area contributed by atoms with Crippen molar-refractivity contribution in [2.75, 3.05) is 0 Å². The van der Waals surface area contributed by atoms with Crippen LogP contribution in [0.25, 0.3) is 16.9 Å². The maximum Gasteiger partial charge on any atom is 0.417 e. The minimum atomic E-state index is -4.39. The average Bonchev–Trinajstić information content (AvgIpc) is 2.89. The highest BCUT2D eigenvalue weighted by atomic mass is 19.4. The third kappa shape index (κ3) is 2.69. The number of rotatable bonds is 2. The summed E-state index contributed by atoms with van der Waals surface area (Å²) in [5.41, 5.74) is 1.80. The highest BCUT2D eigenvalue weighted by Crippen LogP contribution is 2.30. The molecule has 0 atom stereocenters. The fraction of sp³-hybridized carbons (Fsp3) is 0.133. The number of pyridine rings is 2. The summed E-state index contributed by atoms with van der Waals surface area (Å²) in [5, 5.41) is 4.34. The molecule has 0 aliphatic heterocycles. The predicted octanol–water partition coefficient (Wildman–Crippen LogP) is 3.66. The second-order valence-corrected chi connectivity index (χ2v) is 4.71. The Morgan fingerprint density at radius 3 is 2.50 bits per heavy atom. The Hall–Kier alpha value is -2.70. The molecule has 112 valence electrons. The van der Waals surface area contributed by atoms with Crippen LogP contribution in [0.3, 0.4) is 0 Å². The Morgan fingerprint density at radius 1 is 1.09 bits per heavy atom. The molecule has 0 bridgehead atoms. The molecule has 0 fully saturated rings. The SMILES string of the molecule is Cc1nn(-c2cccnc2)cc1-c1ccc(C(F)(F)F)cn1. The van der Waals surface area contributed by atoms with Gasteiger partial charge in [-0.1, -0.05) is 0 Å². The first-order chi connectivity index (χ1) is 10.4. The Bertz CT molecular complexity index is 777. The second-order valence-electron chi connectivity index (χ2n) is 4.71. The number of aromatic nitrogens is 4. The Labute approximate surface area is 124 Å². The zero-order valence-corrected chi connectivity index (χ0v) is 11.5. The van der Waals surface area contributed by atoms with Crippen molar-refractivity contribution in [3.8, 4) is 16.9 Å². The maximum absolute atomic E-state index is 12.6. The van der Waals surface area contributed by atoms with Gasteiger partial charge in [-0.25, -0.2) is 4.68 Å². The summed E-state index contributed by atoms with van der Waals surface area (Å²) in [6.07, 6.45) is 1.47. The fourth-order valence-electron chi connectivity index (χ4n) is 2.05. The van der Waals surface area contributed by atoms with Crippen molar-refractivity contribution in [3.63, 3.8) is 0 Å². The number of alkyl halides is 3. The van der Waals surface area contributed by atoms with Gasteiger partial charge in [-0.05, 0) is 31.2 Å². The van der Waals surface area contributed by atoms with Crippen molar-refractivity contribution >= 4 is 0 Å². The van der Waals surface area contributed by atoms with Crippen molar-refractivity contribution in [2.24, 2.45) is 0 Å². The lowest BCUT2D eigenvalue weighted by molar-refractivity contribution is -0.137. The van der Waals surface area contributed by atoms with E-state index in [9.17, 15) is 13.2 Å². The van der Waals surface area contributed by atoms with E-state index >= 15 is 0 Å². The zero-order chi connectivity index (χ0) is 15.7. The molecule has 3 heterocycles. The van der Waals surface area contributed by atoms with E-state index < -0.39 is 11.7 Å². The zero-order valence-electron chi connectivity index (χ0n) is 11.5. The van der Waals surface area contributed by atoms with Gasteiger partial charge >= 0.3 is 6.18 Å². The molecule has 3 aromatic heterocycles. The van der Waals surface area contributed by atoms with Crippen molar-refractivity contribution in [2.45, 2.75) is 13.1 Å². The van der Waals surface area contributed by atoms with Gasteiger partial charge in [0.1, 0.15) is 0 Å². The first-order valence-corrected chi connectivity index (χ1v) is 6.45. The van der Waals surface area contributed by atoms with E-state index in [0.29, 0.717) is 17.0 Å². The average molecular weight is 304 g/mol. The second kappa shape index (κ2) is 5.25. The van der Waals surface area contributed by atoms with E-state index in [0.717, 1.165) is 18.0 Å². The van der Waals surface area contributed by atoms with Crippen LogP contribution in [0.2, 0.25) is 0 Å². The van der Waals surface area contributed by atoms with Crippen LogP contribution in [0.5, 0.6) is 0 Å². The van der Waals surface area contributed by atoms with Gasteiger partial charge < -0.3 is 0 Å². The van der Waals surface area contributed by atoms with Crippen LogP contribution in [-0.2, 0) is 6.18 Å². The van der Waals surface area contributed by atoms with Crippen LogP contribution in [0.4, 0.5) is 13.2 Å². The molecule has 0 saturated carbocycles. The molecule has 0 saturated heterocycles. The van der Waals surface area contributed by atoms with E-state index in [-0.39, 0.29) is 0 Å². The Kier molecular flexibility index (Phi) is 3.40. The Morgan fingerprint density at radius 2 is 1.91 bits per heavy atom. The Balaban J connectivity index is 1.98. The highest BCUT2D eigenvalue weighted by molar-refractivity contribution is 5.61. The molecule has 3 aromatic rings. The van der Waals surface area contributed by atoms with Crippen LogP contribution < -0.4 is 0 Å². The molecule has 0 aromatic carbocycles. The summed E-state index contributed by atoms with van der Waals surface area (Å²) in [4.78, 5) is 7.90. The molecule has 0 spiro atoms. The summed E-state index contributed by atoms with van der Waals surface area (Å²) in [6.45, 7) is 1.78. The minimum absolute atomic E-state index is 0.445. The van der Waals surface area contributed by atoms with Gasteiger partial charge in [-0.2, -0.15) is 18.3 Å². The number of aryl methyl sites for hydroxylation is 1. The van der Waals surface area contributed by atoms with E-state index in [4.69, 9.17) is 0 Å². The highest BCUT2D eigenvalue weighted by Gasteiger charge is 2.30. The van der Waals surface area contributed by atoms with Crippen molar-refractivity contribution in [3.05, 3.63) is 60.3 Å². The molecule has 0 radical (unpaired) electrons. The number of hydrogen-bond donors (Lipinski definition) is 0. The normalized spacial score (nSPS) is 11.6. The molecule has 3 rings (SSSR count). The van der Waals surface area contributed by atoms with Crippen molar-refractivity contribution in [1.82, 2.24) is 19.7 Å². The number of nitrogens with zero attached hydrogens (tertiary/aromatic N) is 4. The summed E-state index contributed by atoms with van der Waals surface area (Å²) >= 11 is 0. The van der Waals surface area contributed by atoms with E-state index in [1.807, 2.05) is 6.07 Å². The van der Waals surface area contributed by atoms with Crippen LogP contribution in [-0.4, -0.2) is 19.7 Å². The largest absolute Gasteiger partial charge is 0.417 e. The van der Waals surface area contributed by atoms with Gasteiger partial charge in [0, 0.05) is 24.2 Å². The van der Waals surface area contributed by atoms with E-state index in [2.05, 4.69) is 15.1 Å². The first-order valence-electron chi connectivity index (χ1n) is 6.45. The molecule has 0 unspecified atom stereocenters. The maximum atomic E-state index is 12.6. The van der Waals surface area contributed by atoms with E-state index in [1.54, 1.807) is 36.3 Å². The molecule has 0 aliphatic carbocycles. The van der Waals surface area contributed by atoms with Crippen molar-refractivity contribution in [1.29, 1.82) is 0 Å². The summed E-state index contributed by atoms with van der Waals surface area (Å²) < 4.78 is 39.3. The summed E-state index contributed by atoms with van der Waals surface area (Å²) in [6, 6.07) is 5.98. The molecule has 4 nitrogen and oxygen atoms in total. The fourth-order valence-corrected chi connectivity index (χ4v) is 2.05. The molecule has 0 N–H and O–H groups in total. The molecular weight excluding hydrogens is 293 g/mol. The topological polar surface area (TPSA) is 43.6 Å². The molecule has 0 aliphatic rings. The first kappa shape index (κ1) is 14.2. The number of hydrogen-bond acceptors (Lipinski definition) is 3. The van der Waals surface area contributed by atoms with Crippen LogP contribution in [0.1, 0.15) is 11.3 Å². The molecule has 22 heavy (non-hydrogen) atoms. The van der Waals surface area contributed by atoms with Gasteiger partial charge in [-0.15, -0.1) is 0 Å². The quantitative estimate of drug-likeness (QED) is 0.725. The minimum Gasteiger partial charge on any atom is -0.262 e. The van der Waals surface area contributed by atoms with Crippen LogP contribution in [0.15, 0.2) is 49.1 Å². The predicted molar refractivity (Wildman–Crippen MR) is 74.3 cm³/mol. The van der Waals surface area contributed by atoms with Crippen LogP contribution in [0, 0.1) is 6.92 Å². The smallest absolute Gasteiger partial charge is 0.262 e. The van der Waals surface area contributed by atoms with Crippen molar-refractivity contribution < 1.29 is 13.2 Å². The lowest BCUT2D eigenvalue weighted by Crippen LogP contribution is -2.05. The third-order valence-corrected chi connectivity index (χ3v) is 3.18. The monoisotopic (exact) mass is 304 g/mol. The van der Waals surface area contributed by atoms with Gasteiger partial charge in [-0.3, -0.25) is 9.97 Å². The van der Waals surface area contributed by atoms with Gasteiger partial charge in [0.25, 0.3) is 0 Å². The third-order valence-electron chi connectivity index (χ3n) is 3.18.